The van der Waals surface area contributed by atoms with E-state index in [9.17, 15) is 0 Å². The second-order valence-corrected chi connectivity index (χ2v) is 4.89. The van der Waals surface area contributed by atoms with Crippen LogP contribution in [0.3, 0.4) is 0 Å². The van der Waals surface area contributed by atoms with Crippen LogP contribution in [0.4, 0.5) is 6.01 Å². The molecular formula is C12H14ClN3O. The molecule has 0 spiro atoms. The van der Waals surface area contributed by atoms with Crippen LogP contribution in [0, 0.1) is 0 Å². The van der Waals surface area contributed by atoms with E-state index in [4.69, 9.17) is 21.8 Å². The Morgan fingerprint density at radius 1 is 1.47 bits per heavy atom. The second kappa shape index (κ2) is 4.20. The molecule has 1 aromatic carbocycles. The van der Waals surface area contributed by atoms with E-state index >= 15 is 0 Å². The van der Waals surface area contributed by atoms with Crippen LogP contribution in [-0.4, -0.2) is 24.1 Å². The first-order chi connectivity index (χ1) is 8.22. The van der Waals surface area contributed by atoms with Crippen LogP contribution in [0.15, 0.2) is 22.6 Å². The summed E-state index contributed by atoms with van der Waals surface area (Å²) in [5, 5.41) is 0.674. The number of oxazole rings is 1. The molecule has 2 aromatic rings. The van der Waals surface area contributed by atoms with Crippen molar-refractivity contribution >= 4 is 28.7 Å². The molecule has 1 saturated heterocycles. The molecule has 0 radical (unpaired) electrons. The number of rotatable bonds is 1. The maximum absolute atomic E-state index is 5.95. The van der Waals surface area contributed by atoms with Crippen molar-refractivity contribution in [3.05, 3.63) is 23.2 Å². The lowest BCUT2D eigenvalue weighted by Gasteiger charge is -2.29. The standard InChI is InChI=1S/C12H14ClN3O/c13-8-3-4-11-10(6-8)15-12(17-11)16-5-1-2-9(14)7-16/h3-4,6,9H,1-2,5,7,14H2/t9-/m1/s1. The highest BCUT2D eigenvalue weighted by molar-refractivity contribution is 6.31. The minimum absolute atomic E-state index is 0.211. The third-order valence-electron chi connectivity index (χ3n) is 3.07. The van der Waals surface area contributed by atoms with Gasteiger partial charge in [0.2, 0.25) is 0 Å². The van der Waals surface area contributed by atoms with Gasteiger partial charge in [-0.1, -0.05) is 11.6 Å². The number of halogens is 1. The van der Waals surface area contributed by atoms with Gasteiger partial charge in [-0.2, -0.15) is 4.98 Å². The van der Waals surface area contributed by atoms with Crippen molar-refractivity contribution in [2.24, 2.45) is 5.73 Å². The first-order valence-corrected chi connectivity index (χ1v) is 6.17. The van der Waals surface area contributed by atoms with Crippen LogP contribution in [0.2, 0.25) is 5.02 Å². The molecule has 90 valence electrons. The summed E-state index contributed by atoms with van der Waals surface area (Å²) in [6.07, 6.45) is 2.16. The lowest BCUT2D eigenvalue weighted by molar-refractivity contribution is 0.467. The molecule has 0 unspecified atom stereocenters. The Bertz CT molecular complexity index is 540. The molecular weight excluding hydrogens is 238 g/mol. The normalized spacial score (nSPS) is 21.1. The van der Waals surface area contributed by atoms with Crippen molar-refractivity contribution in [1.82, 2.24) is 4.98 Å². The number of fused-ring (bicyclic) bond motifs is 1. The van der Waals surface area contributed by atoms with Crippen LogP contribution in [0.25, 0.3) is 11.1 Å². The molecule has 1 aliphatic rings. The van der Waals surface area contributed by atoms with Crippen molar-refractivity contribution < 1.29 is 4.42 Å². The largest absolute Gasteiger partial charge is 0.423 e. The molecule has 17 heavy (non-hydrogen) atoms. The van der Waals surface area contributed by atoms with E-state index in [2.05, 4.69) is 9.88 Å². The van der Waals surface area contributed by atoms with Gasteiger partial charge in [0.15, 0.2) is 5.58 Å². The van der Waals surface area contributed by atoms with Crippen molar-refractivity contribution in [1.29, 1.82) is 0 Å². The Hall–Kier alpha value is -1.26. The third-order valence-corrected chi connectivity index (χ3v) is 3.30. The van der Waals surface area contributed by atoms with Crippen molar-refractivity contribution in [3.8, 4) is 0 Å². The lowest BCUT2D eigenvalue weighted by atomic mass is 10.1. The maximum Gasteiger partial charge on any atom is 0.298 e. The van der Waals surface area contributed by atoms with Gasteiger partial charge >= 0.3 is 0 Å². The van der Waals surface area contributed by atoms with Gasteiger partial charge in [-0.05, 0) is 31.0 Å². The van der Waals surface area contributed by atoms with E-state index < -0.39 is 0 Å². The smallest absolute Gasteiger partial charge is 0.298 e. The van der Waals surface area contributed by atoms with Gasteiger partial charge in [0.05, 0.1) is 0 Å². The molecule has 1 atom stereocenters. The van der Waals surface area contributed by atoms with Gasteiger partial charge < -0.3 is 15.1 Å². The quantitative estimate of drug-likeness (QED) is 0.846. The van der Waals surface area contributed by atoms with Crippen molar-refractivity contribution in [2.75, 3.05) is 18.0 Å². The Labute approximate surface area is 104 Å². The molecule has 5 heteroatoms. The number of aromatic nitrogens is 1. The number of nitrogens with zero attached hydrogens (tertiary/aromatic N) is 2. The summed E-state index contributed by atoms with van der Waals surface area (Å²) < 4.78 is 5.71. The number of benzene rings is 1. The molecule has 0 saturated carbocycles. The summed E-state index contributed by atoms with van der Waals surface area (Å²) >= 11 is 5.92. The zero-order chi connectivity index (χ0) is 11.8. The van der Waals surface area contributed by atoms with Crippen LogP contribution in [0.1, 0.15) is 12.8 Å². The number of hydrogen-bond donors (Lipinski definition) is 1. The van der Waals surface area contributed by atoms with E-state index in [1.807, 2.05) is 12.1 Å². The minimum atomic E-state index is 0.211. The molecule has 0 bridgehead atoms. The van der Waals surface area contributed by atoms with E-state index in [-0.39, 0.29) is 6.04 Å². The molecule has 4 nitrogen and oxygen atoms in total. The Balaban J connectivity index is 1.94. The summed E-state index contributed by atoms with van der Waals surface area (Å²) in [5.74, 6) is 0. The monoisotopic (exact) mass is 251 g/mol. The highest BCUT2D eigenvalue weighted by atomic mass is 35.5. The third kappa shape index (κ3) is 2.10. The molecule has 2 N–H and O–H groups in total. The molecule has 0 amide bonds. The summed E-state index contributed by atoms with van der Waals surface area (Å²) in [6, 6.07) is 6.33. The molecule has 1 aromatic heterocycles. The van der Waals surface area contributed by atoms with Crippen molar-refractivity contribution in [2.45, 2.75) is 18.9 Å². The van der Waals surface area contributed by atoms with Crippen LogP contribution in [-0.2, 0) is 0 Å². The summed E-state index contributed by atoms with van der Waals surface area (Å²) in [4.78, 5) is 6.55. The Morgan fingerprint density at radius 3 is 3.18 bits per heavy atom. The van der Waals surface area contributed by atoms with Crippen molar-refractivity contribution in [3.63, 3.8) is 0 Å². The molecule has 3 rings (SSSR count). The maximum atomic E-state index is 5.95. The highest BCUT2D eigenvalue weighted by Crippen LogP contribution is 2.26. The molecule has 1 fully saturated rings. The van der Waals surface area contributed by atoms with Crippen LogP contribution >= 0.6 is 11.6 Å². The van der Waals surface area contributed by atoms with E-state index in [0.717, 1.165) is 37.0 Å². The fourth-order valence-corrected chi connectivity index (χ4v) is 2.37. The zero-order valence-corrected chi connectivity index (χ0v) is 10.2. The number of nitrogens with two attached hydrogens (primary N) is 1. The molecule has 2 heterocycles. The highest BCUT2D eigenvalue weighted by Gasteiger charge is 2.21. The summed E-state index contributed by atoms with van der Waals surface area (Å²) in [5.41, 5.74) is 7.51. The fraction of sp³-hybridized carbons (Fsp3) is 0.417. The molecule has 1 aliphatic heterocycles. The van der Waals surface area contributed by atoms with Gasteiger partial charge in [0.1, 0.15) is 5.52 Å². The van der Waals surface area contributed by atoms with Gasteiger partial charge in [0, 0.05) is 24.2 Å². The Morgan fingerprint density at radius 2 is 2.35 bits per heavy atom. The number of piperidine rings is 1. The Kier molecular flexibility index (Phi) is 2.68. The van der Waals surface area contributed by atoms with E-state index in [0.29, 0.717) is 11.0 Å². The molecule has 0 aliphatic carbocycles. The van der Waals surface area contributed by atoms with E-state index in [1.165, 1.54) is 0 Å². The lowest BCUT2D eigenvalue weighted by Crippen LogP contribution is -2.42. The van der Waals surface area contributed by atoms with Gasteiger partial charge in [-0.15, -0.1) is 0 Å². The SMILES string of the molecule is N[C@@H]1CCCN(c2nc3cc(Cl)ccc3o2)C1. The average molecular weight is 252 g/mol. The van der Waals surface area contributed by atoms with Gasteiger partial charge in [0.25, 0.3) is 6.01 Å². The zero-order valence-electron chi connectivity index (χ0n) is 9.40. The minimum Gasteiger partial charge on any atom is -0.423 e. The predicted octanol–water partition coefficient (Wildman–Crippen LogP) is 2.41. The summed E-state index contributed by atoms with van der Waals surface area (Å²) in [6.45, 7) is 1.76. The summed E-state index contributed by atoms with van der Waals surface area (Å²) in [7, 11) is 0. The fourth-order valence-electron chi connectivity index (χ4n) is 2.21. The topological polar surface area (TPSA) is 55.3 Å². The second-order valence-electron chi connectivity index (χ2n) is 4.46. The van der Waals surface area contributed by atoms with Gasteiger partial charge in [-0.3, -0.25) is 0 Å². The number of anilines is 1. The van der Waals surface area contributed by atoms with E-state index in [1.54, 1.807) is 6.07 Å². The predicted molar refractivity (Wildman–Crippen MR) is 68.4 cm³/mol. The number of hydrogen-bond acceptors (Lipinski definition) is 4. The first-order valence-electron chi connectivity index (χ1n) is 5.79. The van der Waals surface area contributed by atoms with Crippen LogP contribution < -0.4 is 10.6 Å². The van der Waals surface area contributed by atoms with Crippen LogP contribution in [0.5, 0.6) is 0 Å². The van der Waals surface area contributed by atoms with Gasteiger partial charge in [-0.25, -0.2) is 0 Å². The average Bonchev–Trinajstić information content (AvgIpc) is 2.72. The first kappa shape index (κ1) is 10.9.